The number of carbonyl (C=O) groups excluding carboxylic acids is 1. The third-order valence-electron chi connectivity index (χ3n) is 6.59. The Morgan fingerprint density at radius 1 is 1.06 bits per heavy atom. The Labute approximate surface area is 192 Å². The number of aromatic nitrogens is 4. The standard InChI is InChI=1S/C23H20F4N6O/c1-12-13-8-16(32-19-11-30-18(10-31-19)23(25,26)27)17(9-13)33(12)22(34)14-4-2-5-15(24)20(14)21-28-6-3-7-29-21/h2-7,10-13,16-17H,8-9H2,1H3,(H,31,32)/t12-,13?,16?,17+/m0/s1. The van der Waals surface area contributed by atoms with Crippen LogP contribution in [-0.4, -0.2) is 48.9 Å². The molecule has 1 aromatic carbocycles. The van der Waals surface area contributed by atoms with E-state index in [0.717, 1.165) is 19.0 Å². The molecule has 3 aromatic rings. The second kappa shape index (κ2) is 8.30. The highest BCUT2D eigenvalue weighted by Crippen LogP contribution is 2.44. The Balaban J connectivity index is 1.41. The Morgan fingerprint density at radius 2 is 1.82 bits per heavy atom. The van der Waals surface area contributed by atoms with Crippen LogP contribution in [0.5, 0.6) is 0 Å². The van der Waals surface area contributed by atoms with E-state index in [4.69, 9.17) is 0 Å². The molecule has 1 amide bonds. The highest BCUT2D eigenvalue weighted by Gasteiger charge is 2.52. The van der Waals surface area contributed by atoms with Gasteiger partial charge in [-0.1, -0.05) is 6.07 Å². The number of alkyl halides is 3. The lowest BCUT2D eigenvalue weighted by molar-refractivity contribution is -0.141. The molecule has 2 bridgehead atoms. The fourth-order valence-corrected chi connectivity index (χ4v) is 5.01. The van der Waals surface area contributed by atoms with Crippen LogP contribution in [0.2, 0.25) is 0 Å². The number of piperidine rings is 1. The number of hydrogen-bond donors (Lipinski definition) is 1. The molecule has 2 unspecified atom stereocenters. The summed E-state index contributed by atoms with van der Waals surface area (Å²) in [5.74, 6) is -0.417. The van der Waals surface area contributed by atoms with Crippen molar-refractivity contribution in [1.82, 2.24) is 24.8 Å². The minimum Gasteiger partial charge on any atom is -0.364 e. The van der Waals surface area contributed by atoms with E-state index in [1.807, 2.05) is 6.92 Å². The fourth-order valence-electron chi connectivity index (χ4n) is 5.01. The predicted octanol–water partition coefficient (Wildman–Crippen LogP) is 4.20. The summed E-state index contributed by atoms with van der Waals surface area (Å²) in [6.07, 6.45) is 1.58. The maximum atomic E-state index is 14.8. The van der Waals surface area contributed by atoms with Crippen LogP contribution in [-0.2, 0) is 6.18 Å². The summed E-state index contributed by atoms with van der Waals surface area (Å²) < 4.78 is 53.1. The topological polar surface area (TPSA) is 83.9 Å². The molecule has 5 rings (SSSR count). The molecule has 2 fully saturated rings. The van der Waals surface area contributed by atoms with Crippen LogP contribution in [0.15, 0.2) is 49.1 Å². The molecule has 1 saturated heterocycles. The molecule has 176 valence electrons. The summed E-state index contributed by atoms with van der Waals surface area (Å²) in [6, 6.07) is 5.36. The van der Waals surface area contributed by atoms with Gasteiger partial charge in [0.25, 0.3) is 5.91 Å². The van der Waals surface area contributed by atoms with Gasteiger partial charge in [-0.15, -0.1) is 0 Å². The number of nitrogens with zero attached hydrogens (tertiary/aromatic N) is 5. The first-order valence-electron chi connectivity index (χ1n) is 10.8. The summed E-state index contributed by atoms with van der Waals surface area (Å²) in [7, 11) is 0. The molecule has 7 nitrogen and oxygen atoms in total. The molecule has 3 heterocycles. The summed E-state index contributed by atoms with van der Waals surface area (Å²) in [4.78, 5) is 30.9. The average Bonchev–Trinajstić information content (AvgIpc) is 3.36. The first-order chi connectivity index (χ1) is 16.2. The molecule has 0 radical (unpaired) electrons. The molecule has 0 spiro atoms. The Hall–Kier alpha value is -3.63. The van der Waals surface area contributed by atoms with Crippen molar-refractivity contribution in [2.75, 3.05) is 5.32 Å². The zero-order chi connectivity index (χ0) is 24.0. The molecule has 1 aliphatic carbocycles. The van der Waals surface area contributed by atoms with E-state index in [1.165, 1.54) is 24.5 Å². The number of anilines is 1. The fraction of sp³-hybridized carbons (Fsp3) is 0.348. The van der Waals surface area contributed by atoms with E-state index in [2.05, 4.69) is 25.3 Å². The molecular formula is C23H20F4N6O. The van der Waals surface area contributed by atoms with Crippen molar-refractivity contribution < 1.29 is 22.4 Å². The van der Waals surface area contributed by atoms with Gasteiger partial charge in [0, 0.05) is 24.5 Å². The van der Waals surface area contributed by atoms with E-state index >= 15 is 0 Å². The number of likely N-dealkylation sites (tertiary alicyclic amines) is 1. The molecule has 4 atom stereocenters. The summed E-state index contributed by atoms with van der Waals surface area (Å²) in [5, 5.41) is 3.13. The van der Waals surface area contributed by atoms with Gasteiger partial charge >= 0.3 is 6.18 Å². The zero-order valence-corrected chi connectivity index (χ0v) is 18.0. The van der Waals surface area contributed by atoms with Crippen LogP contribution < -0.4 is 5.32 Å². The normalized spacial score (nSPS) is 23.9. The van der Waals surface area contributed by atoms with E-state index < -0.39 is 17.7 Å². The minimum absolute atomic E-state index is 0.0428. The van der Waals surface area contributed by atoms with Gasteiger partial charge in [0.1, 0.15) is 11.6 Å². The van der Waals surface area contributed by atoms with Crippen molar-refractivity contribution in [3.05, 3.63) is 66.1 Å². The minimum atomic E-state index is -4.57. The van der Waals surface area contributed by atoms with Crippen molar-refractivity contribution >= 4 is 11.7 Å². The van der Waals surface area contributed by atoms with Gasteiger partial charge in [-0.2, -0.15) is 13.2 Å². The number of hydrogen-bond acceptors (Lipinski definition) is 6. The summed E-state index contributed by atoms with van der Waals surface area (Å²) >= 11 is 0. The van der Waals surface area contributed by atoms with Crippen molar-refractivity contribution in [3.63, 3.8) is 0 Å². The van der Waals surface area contributed by atoms with Crippen molar-refractivity contribution in [2.45, 2.75) is 44.1 Å². The van der Waals surface area contributed by atoms with E-state index in [0.29, 0.717) is 6.20 Å². The molecule has 2 aromatic heterocycles. The van der Waals surface area contributed by atoms with E-state index in [-0.39, 0.29) is 52.7 Å². The van der Waals surface area contributed by atoms with Crippen molar-refractivity contribution in [2.24, 2.45) is 5.92 Å². The highest BCUT2D eigenvalue weighted by molar-refractivity contribution is 6.01. The molecule has 11 heteroatoms. The maximum Gasteiger partial charge on any atom is 0.434 e. The van der Waals surface area contributed by atoms with Gasteiger partial charge in [0.2, 0.25) is 0 Å². The van der Waals surface area contributed by atoms with Gasteiger partial charge in [-0.25, -0.2) is 24.3 Å². The van der Waals surface area contributed by atoms with Crippen molar-refractivity contribution in [3.8, 4) is 11.4 Å². The third-order valence-corrected chi connectivity index (χ3v) is 6.59. The monoisotopic (exact) mass is 472 g/mol. The lowest BCUT2D eigenvalue weighted by Gasteiger charge is -2.38. The number of carbonyl (C=O) groups is 1. The van der Waals surface area contributed by atoms with Crippen molar-refractivity contribution in [1.29, 1.82) is 0 Å². The van der Waals surface area contributed by atoms with Gasteiger partial charge in [-0.05, 0) is 43.9 Å². The van der Waals surface area contributed by atoms with Gasteiger partial charge < -0.3 is 10.2 Å². The zero-order valence-electron chi connectivity index (χ0n) is 18.0. The molecule has 1 aliphatic heterocycles. The number of benzene rings is 1. The molecule has 2 aliphatic rings. The number of amides is 1. The lowest BCUT2D eigenvalue weighted by Crippen LogP contribution is -2.51. The van der Waals surface area contributed by atoms with Crippen LogP contribution in [0.25, 0.3) is 11.4 Å². The second-order valence-electron chi connectivity index (χ2n) is 8.52. The molecule has 1 saturated carbocycles. The first-order valence-corrected chi connectivity index (χ1v) is 10.8. The first kappa shape index (κ1) is 22.2. The van der Waals surface area contributed by atoms with Gasteiger partial charge in [-0.3, -0.25) is 4.79 Å². The molecule has 1 N–H and O–H groups in total. The van der Waals surface area contributed by atoms with Crippen LogP contribution in [0.3, 0.4) is 0 Å². The van der Waals surface area contributed by atoms with Crippen LogP contribution in [0.1, 0.15) is 35.8 Å². The number of rotatable bonds is 4. The maximum absolute atomic E-state index is 14.8. The van der Waals surface area contributed by atoms with Crippen LogP contribution in [0.4, 0.5) is 23.4 Å². The second-order valence-corrected chi connectivity index (χ2v) is 8.52. The lowest BCUT2D eigenvalue weighted by atomic mass is 9.96. The summed E-state index contributed by atoms with van der Waals surface area (Å²) in [6.45, 7) is 1.95. The number of nitrogens with one attached hydrogen (secondary N) is 1. The molecule has 34 heavy (non-hydrogen) atoms. The SMILES string of the molecule is C[C@H]1C2CC(Nc3cnc(C(F)(F)F)cn3)[C@@H](C2)N1C(=O)c1cccc(F)c1-c1ncccn1. The highest BCUT2D eigenvalue weighted by atomic mass is 19.4. The quantitative estimate of drug-likeness (QED) is 0.574. The number of halogens is 4. The van der Waals surface area contributed by atoms with Gasteiger partial charge in [0.15, 0.2) is 11.5 Å². The van der Waals surface area contributed by atoms with E-state index in [9.17, 15) is 22.4 Å². The van der Waals surface area contributed by atoms with Gasteiger partial charge in [0.05, 0.1) is 29.6 Å². The largest absolute Gasteiger partial charge is 0.434 e. The average molecular weight is 472 g/mol. The molecular weight excluding hydrogens is 452 g/mol. The smallest absolute Gasteiger partial charge is 0.364 e. The third kappa shape index (κ3) is 3.84. The van der Waals surface area contributed by atoms with Crippen LogP contribution in [0, 0.1) is 11.7 Å². The Morgan fingerprint density at radius 3 is 2.47 bits per heavy atom. The number of fused-ring (bicyclic) bond motifs is 2. The Kier molecular flexibility index (Phi) is 5.41. The summed E-state index contributed by atoms with van der Waals surface area (Å²) in [5.41, 5.74) is -0.863. The Bertz CT molecular complexity index is 1200. The van der Waals surface area contributed by atoms with E-state index in [1.54, 1.807) is 17.0 Å². The van der Waals surface area contributed by atoms with Crippen LogP contribution >= 0.6 is 0 Å². The predicted molar refractivity (Wildman–Crippen MR) is 114 cm³/mol.